The molecule has 1 unspecified atom stereocenters. The number of hydrogen-bond donors (Lipinski definition) is 3. The second-order valence-corrected chi connectivity index (χ2v) is 9.57. The first-order valence-electron chi connectivity index (χ1n) is 10.9. The number of aromatic nitrogens is 4. The second kappa shape index (κ2) is 8.44. The number of fused-ring (bicyclic) bond motifs is 1. The lowest BCUT2D eigenvalue weighted by Gasteiger charge is -2.09. The minimum absolute atomic E-state index is 0.150. The van der Waals surface area contributed by atoms with Crippen molar-refractivity contribution >= 4 is 28.1 Å². The Bertz CT molecular complexity index is 1280. The highest BCUT2D eigenvalue weighted by Gasteiger charge is 2.21. The molecule has 32 heavy (non-hydrogen) atoms. The predicted octanol–water partition coefficient (Wildman–Crippen LogP) is 4.27. The normalized spacial score (nSPS) is 16.2. The molecule has 1 aliphatic heterocycles. The van der Waals surface area contributed by atoms with E-state index in [0.717, 1.165) is 52.5 Å². The topological polar surface area (TPSA) is 95.6 Å². The number of carbonyl (C=O) groups excluding carboxylic acids is 1. The van der Waals surface area contributed by atoms with E-state index < -0.39 is 0 Å². The number of aryl methyl sites for hydroxylation is 1. The van der Waals surface area contributed by atoms with Crippen LogP contribution in [0.3, 0.4) is 0 Å². The van der Waals surface area contributed by atoms with Gasteiger partial charge in [-0.2, -0.15) is 0 Å². The van der Waals surface area contributed by atoms with Crippen molar-refractivity contribution in [1.29, 1.82) is 0 Å². The number of hydrogen-bond acceptors (Lipinski definition) is 6. The molecule has 1 aliphatic rings. The predicted molar refractivity (Wildman–Crippen MR) is 128 cm³/mol. The Balaban J connectivity index is 1.50. The summed E-state index contributed by atoms with van der Waals surface area (Å²) in [5.41, 5.74) is 6.57. The van der Waals surface area contributed by atoms with Crippen LogP contribution in [0, 0.1) is 6.92 Å². The van der Waals surface area contributed by atoms with E-state index in [9.17, 15) is 4.79 Å². The zero-order valence-electron chi connectivity index (χ0n) is 18.4. The van der Waals surface area contributed by atoms with Gasteiger partial charge in [-0.1, -0.05) is 25.2 Å². The molecule has 164 valence electrons. The van der Waals surface area contributed by atoms with Gasteiger partial charge in [0.25, 0.3) is 5.91 Å². The third-order valence-electron chi connectivity index (χ3n) is 5.86. The van der Waals surface area contributed by atoms with E-state index in [0.29, 0.717) is 10.9 Å². The Morgan fingerprint density at radius 1 is 1.19 bits per heavy atom. The van der Waals surface area contributed by atoms with Crippen molar-refractivity contribution in [3.8, 4) is 21.8 Å². The van der Waals surface area contributed by atoms with Gasteiger partial charge >= 0.3 is 0 Å². The zero-order chi connectivity index (χ0) is 22.2. The van der Waals surface area contributed by atoms with Crippen LogP contribution in [0.2, 0.25) is 0 Å². The Hall–Kier alpha value is -3.10. The van der Waals surface area contributed by atoms with Gasteiger partial charge in [0.1, 0.15) is 5.01 Å². The molecule has 1 fully saturated rings. The Morgan fingerprint density at radius 2 is 2.06 bits per heavy atom. The van der Waals surface area contributed by atoms with Crippen LogP contribution in [-0.2, 0) is 0 Å². The minimum atomic E-state index is -0.150. The van der Waals surface area contributed by atoms with Gasteiger partial charge in [0, 0.05) is 46.5 Å². The van der Waals surface area contributed by atoms with Crippen LogP contribution >= 0.6 is 11.3 Å². The number of nitrogens with zero attached hydrogens (tertiary/aromatic N) is 3. The van der Waals surface area contributed by atoms with Gasteiger partial charge in [-0.05, 0) is 61.7 Å². The van der Waals surface area contributed by atoms with E-state index >= 15 is 0 Å². The lowest BCUT2D eigenvalue weighted by molar-refractivity contribution is 0.0939. The highest BCUT2D eigenvalue weighted by atomic mass is 32.1. The minimum Gasteiger partial charge on any atom is -0.354 e. The van der Waals surface area contributed by atoms with Crippen LogP contribution in [0.15, 0.2) is 36.5 Å². The molecule has 3 aromatic heterocycles. The van der Waals surface area contributed by atoms with Crippen molar-refractivity contribution < 1.29 is 4.79 Å². The zero-order valence-corrected chi connectivity index (χ0v) is 19.2. The van der Waals surface area contributed by atoms with Crippen LogP contribution in [-0.4, -0.2) is 45.2 Å². The fourth-order valence-electron chi connectivity index (χ4n) is 4.33. The monoisotopic (exact) mass is 446 g/mol. The fourth-order valence-corrected chi connectivity index (χ4v) is 5.07. The molecule has 3 N–H and O–H groups in total. The number of aromatic amines is 1. The van der Waals surface area contributed by atoms with E-state index in [-0.39, 0.29) is 11.9 Å². The van der Waals surface area contributed by atoms with Crippen molar-refractivity contribution in [2.24, 2.45) is 0 Å². The average molecular weight is 447 g/mol. The lowest BCUT2D eigenvalue weighted by atomic mass is 9.95. The molecular formula is C24H26N6OS. The first-order valence-corrected chi connectivity index (χ1v) is 11.8. The van der Waals surface area contributed by atoms with E-state index in [1.807, 2.05) is 25.3 Å². The molecule has 0 radical (unpaired) electrons. The molecule has 0 bridgehead atoms. The number of pyridine rings is 1. The quantitative estimate of drug-likeness (QED) is 0.425. The molecule has 8 heteroatoms. The summed E-state index contributed by atoms with van der Waals surface area (Å²) in [6.07, 6.45) is 2.79. The Labute approximate surface area is 190 Å². The summed E-state index contributed by atoms with van der Waals surface area (Å²) in [6, 6.07) is 10.6. The van der Waals surface area contributed by atoms with Gasteiger partial charge in [0.05, 0.1) is 5.69 Å². The van der Waals surface area contributed by atoms with Crippen molar-refractivity contribution in [2.75, 3.05) is 13.1 Å². The van der Waals surface area contributed by atoms with E-state index in [2.05, 4.69) is 62.8 Å². The van der Waals surface area contributed by atoms with Crippen LogP contribution in [0.5, 0.6) is 0 Å². The summed E-state index contributed by atoms with van der Waals surface area (Å²) in [5.74, 6) is 0.182. The van der Waals surface area contributed by atoms with Gasteiger partial charge in [-0.25, -0.2) is 0 Å². The standard InChI is InChI=1S/C24H26N6OS/c1-13(2)20-18-11-16(4-5-19(18)28-21(20)15-6-9-26-14(3)10-15)23-29-30-24(32-23)22(31)27-17-7-8-25-12-17/h4-6,9-11,13,17,25,28H,7-8,12H2,1-3H3,(H,27,31). The number of H-pyrrole nitrogens is 1. The van der Waals surface area contributed by atoms with Crippen LogP contribution in [0.4, 0.5) is 0 Å². The average Bonchev–Trinajstić information content (AvgIpc) is 3.52. The van der Waals surface area contributed by atoms with E-state index in [1.165, 1.54) is 22.3 Å². The van der Waals surface area contributed by atoms with Crippen molar-refractivity contribution in [3.05, 3.63) is 52.8 Å². The molecule has 1 amide bonds. The second-order valence-electron chi connectivity index (χ2n) is 8.59. The highest BCUT2D eigenvalue weighted by molar-refractivity contribution is 7.16. The third-order valence-corrected chi connectivity index (χ3v) is 6.83. The molecular weight excluding hydrogens is 420 g/mol. The molecule has 7 nitrogen and oxygen atoms in total. The number of amides is 1. The molecule has 4 heterocycles. The third kappa shape index (κ3) is 3.91. The van der Waals surface area contributed by atoms with Crippen molar-refractivity contribution in [1.82, 2.24) is 30.8 Å². The molecule has 1 aromatic carbocycles. The number of rotatable bonds is 5. The summed E-state index contributed by atoms with van der Waals surface area (Å²) < 4.78 is 0. The van der Waals surface area contributed by atoms with Crippen LogP contribution in [0.25, 0.3) is 32.7 Å². The van der Waals surface area contributed by atoms with E-state index in [4.69, 9.17) is 0 Å². The van der Waals surface area contributed by atoms with Gasteiger partial charge in [-0.3, -0.25) is 9.78 Å². The SMILES string of the molecule is Cc1cc(-c2[nH]c3ccc(-c4nnc(C(=O)NC5CCNC5)s4)cc3c2C(C)C)ccn1. The molecule has 5 rings (SSSR count). The Kier molecular flexibility index (Phi) is 5.48. The number of carbonyl (C=O) groups is 1. The summed E-state index contributed by atoms with van der Waals surface area (Å²) in [5, 5.41) is 17.1. The maximum absolute atomic E-state index is 12.5. The number of nitrogens with one attached hydrogen (secondary N) is 3. The summed E-state index contributed by atoms with van der Waals surface area (Å²) in [6.45, 7) is 8.16. The first-order chi connectivity index (χ1) is 15.5. The largest absolute Gasteiger partial charge is 0.354 e. The van der Waals surface area contributed by atoms with Crippen molar-refractivity contribution in [2.45, 2.75) is 39.2 Å². The maximum atomic E-state index is 12.5. The maximum Gasteiger partial charge on any atom is 0.282 e. The highest BCUT2D eigenvalue weighted by Crippen LogP contribution is 2.37. The Morgan fingerprint density at radius 3 is 2.81 bits per heavy atom. The molecule has 1 saturated heterocycles. The fraction of sp³-hybridized carbons (Fsp3) is 0.333. The summed E-state index contributed by atoms with van der Waals surface area (Å²) in [7, 11) is 0. The number of benzene rings is 1. The van der Waals surface area contributed by atoms with Gasteiger partial charge in [-0.15, -0.1) is 10.2 Å². The van der Waals surface area contributed by atoms with Crippen LogP contribution < -0.4 is 10.6 Å². The molecule has 0 saturated carbocycles. The lowest BCUT2D eigenvalue weighted by Crippen LogP contribution is -2.36. The molecule has 0 aliphatic carbocycles. The van der Waals surface area contributed by atoms with Gasteiger partial charge < -0.3 is 15.6 Å². The van der Waals surface area contributed by atoms with Crippen molar-refractivity contribution in [3.63, 3.8) is 0 Å². The van der Waals surface area contributed by atoms with Gasteiger partial charge in [0.15, 0.2) is 0 Å². The summed E-state index contributed by atoms with van der Waals surface area (Å²) >= 11 is 1.33. The smallest absolute Gasteiger partial charge is 0.282 e. The van der Waals surface area contributed by atoms with E-state index in [1.54, 1.807) is 0 Å². The molecule has 0 spiro atoms. The van der Waals surface area contributed by atoms with Gasteiger partial charge in [0.2, 0.25) is 5.01 Å². The first kappa shape index (κ1) is 20.8. The molecule has 1 atom stereocenters. The summed E-state index contributed by atoms with van der Waals surface area (Å²) in [4.78, 5) is 20.5. The molecule has 4 aromatic rings. The van der Waals surface area contributed by atoms with Crippen LogP contribution in [0.1, 0.15) is 47.2 Å².